The molecule has 1 aromatic rings. The topological polar surface area (TPSA) is 99.8 Å². The quantitative estimate of drug-likeness (QED) is 0.509. The second-order valence-electron chi connectivity index (χ2n) is 7.33. The summed E-state index contributed by atoms with van der Waals surface area (Å²) in [6.45, 7) is 8.02. The van der Waals surface area contributed by atoms with Crippen molar-refractivity contribution in [1.82, 2.24) is 15.5 Å². The maximum atomic E-state index is 11.5. The summed E-state index contributed by atoms with van der Waals surface area (Å²) in [5.41, 5.74) is 0.876. The average molecular weight is 382 g/mol. The number of piperidine rings is 1. The average Bonchev–Trinajstić information content (AvgIpc) is 2.62. The molecule has 1 aliphatic heterocycles. The van der Waals surface area contributed by atoms with Crippen molar-refractivity contribution in [2.45, 2.75) is 50.1 Å². The van der Waals surface area contributed by atoms with Gasteiger partial charge in [0.1, 0.15) is 0 Å². The van der Waals surface area contributed by atoms with E-state index in [9.17, 15) is 8.42 Å². The van der Waals surface area contributed by atoms with Gasteiger partial charge in [-0.25, -0.2) is 13.6 Å². The first-order chi connectivity index (χ1) is 12.2. The Labute approximate surface area is 157 Å². The minimum absolute atomic E-state index is 0.0472. The molecule has 1 heterocycles. The Bertz CT molecular complexity index is 725. The van der Waals surface area contributed by atoms with Gasteiger partial charge in [0.15, 0.2) is 5.96 Å². The molecule has 0 saturated carbocycles. The van der Waals surface area contributed by atoms with Gasteiger partial charge in [-0.15, -0.1) is 0 Å². The zero-order valence-corrected chi connectivity index (χ0v) is 16.8. The second kappa shape index (κ2) is 8.83. The van der Waals surface area contributed by atoms with Crippen LogP contribution in [0.3, 0.4) is 0 Å². The number of nitrogens with two attached hydrogens (primary N) is 1. The molecule has 26 heavy (non-hydrogen) atoms. The van der Waals surface area contributed by atoms with Crippen molar-refractivity contribution in [3.05, 3.63) is 29.8 Å². The number of benzene rings is 1. The number of rotatable bonds is 6. The van der Waals surface area contributed by atoms with Crippen molar-refractivity contribution in [1.29, 1.82) is 0 Å². The van der Waals surface area contributed by atoms with E-state index >= 15 is 0 Å². The number of guanidine groups is 1. The molecule has 0 bridgehead atoms. The molecule has 0 unspecified atom stereocenters. The van der Waals surface area contributed by atoms with E-state index < -0.39 is 10.0 Å². The molecule has 0 spiro atoms. The first-order valence-corrected chi connectivity index (χ1v) is 10.6. The standard InChI is InChI=1S/C18H31N5O2S/c1-18(2,23-10-5-4-6-11-23)14-22-17(20-3)21-13-15-8-7-9-16(12-15)26(19,24)25/h7-9,12H,4-6,10-11,13-14H2,1-3H3,(H2,19,24,25)(H2,20,21,22). The maximum Gasteiger partial charge on any atom is 0.238 e. The zero-order valence-electron chi connectivity index (χ0n) is 16.0. The summed E-state index contributed by atoms with van der Waals surface area (Å²) in [5.74, 6) is 0.691. The van der Waals surface area contributed by atoms with Crippen LogP contribution in [0.4, 0.5) is 0 Å². The lowest BCUT2D eigenvalue weighted by atomic mass is 9.98. The fourth-order valence-corrected chi connectivity index (χ4v) is 3.73. The third kappa shape index (κ3) is 5.96. The van der Waals surface area contributed by atoms with Crippen LogP contribution in [-0.2, 0) is 16.6 Å². The molecule has 7 nitrogen and oxygen atoms in total. The third-order valence-corrected chi connectivity index (χ3v) is 5.72. The predicted molar refractivity (Wildman–Crippen MR) is 106 cm³/mol. The first kappa shape index (κ1) is 20.7. The smallest absolute Gasteiger partial charge is 0.238 e. The van der Waals surface area contributed by atoms with Crippen molar-refractivity contribution in [2.24, 2.45) is 10.1 Å². The lowest BCUT2D eigenvalue weighted by Gasteiger charge is -2.41. The third-order valence-electron chi connectivity index (χ3n) is 4.81. The number of nitrogens with one attached hydrogen (secondary N) is 2. The van der Waals surface area contributed by atoms with Crippen molar-refractivity contribution < 1.29 is 8.42 Å². The fraction of sp³-hybridized carbons (Fsp3) is 0.611. The summed E-state index contributed by atoms with van der Waals surface area (Å²) in [4.78, 5) is 6.89. The largest absolute Gasteiger partial charge is 0.355 e. The van der Waals surface area contributed by atoms with Crippen molar-refractivity contribution in [3.63, 3.8) is 0 Å². The molecule has 0 aromatic heterocycles. The molecular formula is C18H31N5O2S. The minimum atomic E-state index is -3.69. The van der Waals surface area contributed by atoms with E-state index in [1.54, 1.807) is 19.2 Å². The summed E-state index contributed by atoms with van der Waals surface area (Å²) < 4.78 is 22.9. The molecule has 8 heteroatoms. The SMILES string of the molecule is CN=C(NCc1cccc(S(N)(=O)=O)c1)NCC(C)(C)N1CCCCC1. The number of sulfonamides is 1. The van der Waals surface area contributed by atoms with E-state index in [1.807, 2.05) is 6.07 Å². The van der Waals surface area contributed by atoms with Crippen LogP contribution in [-0.4, -0.2) is 51.5 Å². The highest BCUT2D eigenvalue weighted by molar-refractivity contribution is 7.89. The highest BCUT2D eigenvalue weighted by atomic mass is 32.2. The van der Waals surface area contributed by atoms with Gasteiger partial charge in [-0.2, -0.15) is 0 Å². The fourth-order valence-electron chi connectivity index (χ4n) is 3.15. The maximum absolute atomic E-state index is 11.5. The predicted octanol–water partition coefficient (Wildman–Crippen LogP) is 1.26. The normalized spacial score (nSPS) is 17.2. The van der Waals surface area contributed by atoms with Gasteiger partial charge in [0.2, 0.25) is 10.0 Å². The molecule has 0 radical (unpaired) electrons. The van der Waals surface area contributed by atoms with Crippen LogP contribution in [0.2, 0.25) is 0 Å². The van der Waals surface area contributed by atoms with Crippen LogP contribution in [0.5, 0.6) is 0 Å². The van der Waals surface area contributed by atoms with Gasteiger partial charge in [0, 0.05) is 25.7 Å². The van der Waals surface area contributed by atoms with E-state index in [-0.39, 0.29) is 10.4 Å². The molecule has 1 aromatic carbocycles. The second-order valence-corrected chi connectivity index (χ2v) is 8.89. The van der Waals surface area contributed by atoms with Gasteiger partial charge >= 0.3 is 0 Å². The molecule has 2 rings (SSSR count). The molecular weight excluding hydrogens is 350 g/mol. The van der Waals surface area contributed by atoms with Gasteiger partial charge in [-0.05, 0) is 57.5 Å². The Morgan fingerprint density at radius 1 is 1.23 bits per heavy atom. The molecule has 1 fully saturated rings. The Balaban J connectivity index is 1.90. The van der Waals surface area contributed by atoms with Gasteiger partial charge in [0.05, 0.1) is 4.90 Å². The van der Waals surface area contributed by atoms with Crippen LogP contribution in [0.1, 0.15) is 38.7 Å². The summed E-state index contributed by atoms with van der Waals surface area (Å²) in [5, 5.41) is 11.8. The molecule has 146 valence electrons. The van der Waals surface area contributed by atoms with E-state index in [4.69, 9.17) is 5.14 Å². The molecule has 1 saturated heterocycles. The minimum Gasteiger partial charge on any atom is -0.355 e. The van der Waals surface area contributed by atoms with Crippen LogP contribution in [0, 0.1) is 0 Å². The lowest BCUT2D eigenvalue weighted by molar-refractivity contribution is 0.0982. The number of hydrogen-bond acceptors (Lipinski definition) is 4. The first-order valence-electron chi connectivity index (χ1n) is 9.04. The van der Waals surface area contributed by atoms with Crippen molar-refractivity contribution in [2.75, 3.05) is 26.7 Å². The molecule has 4 N–H and O–H groups in total. The monoisotopic (exact) mass is 381 g/mol. The Morgan fingerprint density at radius 2 is 1.92 bits per heavy atom. The summed E-state index contributed by atoms with van der Waals surface area (Å²) in [6.07, 6.45) is 3.84. The number of likely N-dealkylation sites (tertiary alicyclic amines) is 1. The Morgan fingerprint density at radius 3 is 2.54 bits per heavy atom. The molecule has 0 aliphatic carbocycles. The van der Waals surface area contributed by atoms with Gasteiger partial charge in [0.25, 0.3) is 0 Å². The summed E-state index contributed by atoms with van der Waals surface area (Å²) in [7, 11) is -1.96. The van der Waals surface area contributed by atoms with Gasteiger partial charge in [-0.1, -0.05) is 18.6 Å². The molecule has 1 aliphatic rings. The van der Waals surface area contributed by atoms with E-state index in [0.29, 0.717) is 12.5 Å². The van der Waals surface area contributed by atoms with Crippen LogP contribution >= 0.6 is 0 Å². The highest BCUT2D eigenvalue weighted by Crippen LogP contribution is 2.19. The number of nitrogens with zero attached hydrogens (tertiary/aromatic N) is 2. The number of hydrogen-bond donors (Lipinski definition) is 3. The zero-order chi connectivity index (χ0) is 19.2. The van der Waals surface area contributed by atoms with Crippen LogP contribution in [0.15, 0.2) is 34.2 Å². The summed E-state index contributed by atoms with van der Waals surface area (Å²) >= 11 is 0. The van der Waals surface area contributed by atoms with E-state index in [1.165, 1.54) is 25.3 Å². The van der Waals surface area contributed by atoms with Crippen LogP contribution < -0.4 is 15.8 Å². The molecule has 0 atom stereocenters. The van der Waals surface area contributed by atoms with Gasteiger partial charge in [-0.3, -0.25) is 9.89 Å². The summed E-state index contributed by atoms with van der Waals surface area (Å²) in [6, 6.07) is 6.61. The van der Waals surface area contributed by atoms with Crippen molar-refractivity contribution in [3.8, 4) is 0 Å². The van der Waals surface area contributed by atoms with E-state index in [2.05, 4.69) is 34.4 Å². The van der Waals surface area contributed by atoms with Gasteiger partial charge < -0.3 is 10.6 Å². The number of primary sulfonamides is 1. The van der Waals surface area contributed by atoms with Crippen LogP contribution in [0.25, 0.3) is 0 Å². The number of aliphatic imine (C=N–C) groups is 1. The lowest BCUT2D eigenvalue weighted by Crippen LogP contribution is -2.54. The molecule has 0 amide bonds. The van der Waals surface area contributed by atoms with Crippen molar-refractivity contribution >= 4 is 16.0 Å². The Kier molecular flexibility index (Phi) is 7.02. The highest BCUT2D eigenvalue weighted by Gasteiger charge is 2.27. The Hall–Kier alpha value is -1.64. The van der Waals surface area contributed by atoms with E-state index in [0.717, 1.165) is 25.2 Å².